The van der Waals surface area contributed by atoms with Crippen molar-refractivity contribution in [3.05, 3.63) is 76.5 Å². The van der Waals surface area contributed by atoms with Crippen molar-refractivity contribution in [2.75, 3.05) is 37.2 Å². The Morgan fingerprint density at radius 3 is 2.64 bits per heavy atom. The average Bonchev–Trinajstić information content (AvgIpc) is 2.81. The van der Waals surface area contributed by atoms with Crippen LogP contribution in [0.4, 0.5) is 11.4 Å². The minimum absolute atomic E-state index is 0.566. The molecular weight excluding hydrogens is 457 g/mol. The number of hydrogen-bond donors (Lipinski definition) is 1. The maximum absolute atomic E-state index is 6.25. The van der Waals surface area contributed by atoms with Gasteiger partial charge in [0.2, 0.25) is 0 Å². The highest BCUT2D eigenvalue weighted by molar-refractivity contribution is 6.35. The molecule has 1 N–H and O–H groups in total. The summed E-state index contributed by atoms with van der Waals surface area (Å²) in [6.45, 7) is 2.02. The first-order chi connectivity index (χ1) is 16.0. The van der Waals surface area contributed by atoms with Crippen molar-refractivity contribution in [3.63, 3.8) is 0 Å². The molecule has 0 saturated heterocycles. The van der Waals surface area contributed by atoms with Crippen molar-refractivity contribution in [2.24, 2.45) is 0 Å². The van der Waals surface area contributed by atoms with Gasteiger partial charge in [-0.2, -0.15) is 0 Å². The molecule has 2 aromatic heterocycles. The van der Waals surface area contributed by atoms with E-state index in [0.717, 1.165) is 51.4 Å². The number of fused-ring (bicyclic) bond motifs is 2. The van der Waals surface area contributed by atoms with Gasteiger partial charge in [-0.1, -0.05) is 35.3 Å². The number of pyridine rings is 2. The van der Waals surface area contributed by atoms with Crippen LogP contribution < -0.4 is 20.1 Å². The topological polar surface area (TPSA) is 53.5 Å². The van der Waals surface area contributed by atoms with Crippen LogP contribution in [0.2, 0.25) is 10.0 Å². The number of hydrazine groups is 1. The molecule has 1 aliphatic rings. The molecule has 0 bridgehead atoms. The fraction of sp³-hybridized carbons (Fsp3) is 0.200. The van der Waals surface area contributed by atoms with Gasteiger partial charge in [0, 0.05) is 59.6 Å². The summed E-state index contributed by atoms with van der Waals surface area (Å²) in [6.07, 6.45) is 3.71. The van der Waals surface area contributed by atoms with Crippen LogP contribution in [0.5, 0.6) is 5.75 Å². The van der Waals surface area contributed by atoms with Crippen LogP contribution in [0.1, 0.15) is 5.56 Å². The predicted octanol–water partition coefficient (Wildman–Crippen LogP) is 5.57. The van der Waals surface area contributed by atoms with Crippen LogP contribution in [0.25, 0.3) is 22.2 Å². The number of halogens is 2. The summed E-state index contributed by atoms with van der Waals surface area (Å²) < 4.78 is 5.77. The maximum Gasteiger partial charge on any atom is 0.144 e. The molecule has 2 aromatic carbocycles. The second kappa shape index (κ2) is 9.06. The van der Waals surface area contributed by atoms with E-state index in [-0.39, 0.29) is 0 Å². The number of anilines is 2. The van der Waals surface area contributed by atoms with E-state index in [0.29, 0.717) is 23.2 Å². The number of benzene rings is 2. The van der Waals surface area contributed by atoms with Crippen LogP contribution in [0.15, 0.2) is 60.9 Å². The highest BCUT2D eigenvalue weighted by Gasteiger charge is 2.19. The third-order valence-corrected chi connectivity index (χ3v) is 6.04. The summed E-state index contributed by atoms with van der Waals surface area (Å²) in [5, 5.41) is 4.28. The first-order valence-corrected chi connectivity index (χ1v) is 11.4. The SMILES string of the molecule is CN(C)c1c(CNN2CCOc3ccccc32)cnc2c(-c3cc(Cl)cc(Cl)c3)nccc12. The van der Waals surface area contributed by atoms with E-state index < -0.39 is 0 Å². The van der Waals surface area contributed by atoms with Crippen LogP contribution in [-0.2, 0) is 6.54 Å². The van der Waals surface area contributed by atoms with Gasteiger partial charge < -0.3 is 14.6 Å². The quantitative estimate of drug-likeness (QED) is 0.403. The monoisotopic (exact) mass is 479 g/mol. The summed E-state index contributed by atoms with van der Waals surface area (Å²) in [5.41, 5.74) is 9.15. The zero-order valence-electron chi connectivity index (χ0n) is 18.3. The molecule has 0 unspecified atom stereocenters. The van der Waals surface area contributed by atoms with E-state index >= 15 is 0 Å². The largest absolute Gasteiger partial charge is 0.489 e. The van der Waals surface area contributed by atoms with Crippen LogP contribution in [0.3, 0.4) is 0 Å². The Morgan fingerprint density at radius 2 is 1.85 bits per heavy atom. The second-order valence-electron chi connectivity index (χ2n) is 8.04. The molecule has 168 valence electrons. The van der Waals surface area contributed by atoms with Crippen molar-refractivity contribution >= 4 is 45.5 Å². The molecule has 0 aliphatic carbocycles. The molecule has 5 rings (SSSR count). The van der Waals surface area contributed by atoms with Gasteiger partial charge in [-0.05, 0) is 36.4 Å². The molecule has 0 amide bonds. The van der Waals surface area contributed by atoms with Crippen LogP contribution in [-0.4, -0.2) is 37.2 Å². The van der Waals surface area contributed by atoms with Gasteiger partial charge in [0.1, 0.15) is 12.4 Å². The number of aromatic nitrogens is 2. The van der Waals surface area contributed by atoms with Gasteiger partial charge in [-0.15, -0.1) is 0 Å². The second-order valence-corrected chi connectivity index (χ2v) is 8.92. The van der Waals surface area contributed by atoms with E-state index in [4.69, 9.17) is 32.9 Å². The van der Waals surface area contributed by atoms with Gasteiger partial charge in [-0.25, -0.2) is 5.43 Å². The third kappa shape index (κ3) is 4.29. The molecule has 0 fully saturated rings. The number of rotatable bonds is 5. The van der Waals surface area contributed by atoms with Crippen LogP contribution >= 0.6 is 23.2 Å². The first-order valence-electron chi connectivity index (χ1n) is 10.6. The Kier molecular flexibility index (Phi) is 5.98. The Hall–Kier alpha value is -3.06. The Bertz CT molecular complexity index is 1310. The Balaban J connectivity index is 1.53. The van der Waals surface area contributed by atoms with E-state index in [2.05, 4.69) is 26.4 Å². The van der Waals surface area contributed by atoms with Crippen LogP contribution in [0, 0.1) is 0 Å². The van der Waals surface area contributed by atoms with Gasteiger partial charge in [0.25, 0.3) is 0 Å². The lowest BCUT2D eigenvalue weighted by atomic mass is 10.0. The van der Waals surface area contributed by atoms with E-state index in [9.17, 15) is 0 Å². The van der Waals surface area contributed by atoms with E-state index in [1.54, 1.807) is 12.3 Å². The summed E-state index contributed by atoms with van der Waals surface area (Å²) in [6, 6.07) is 15.5. The first kappa shape index (κ1) is 21.8. The van der Waals surface area contributed by atoms with Gasteiger partial charge in [0.05, 0.1) is 29.1 Å². The average molecular weight is 480 g/mol. The molecule has 0 atom stereocenters. The molecular formula is C25H23Cl2N5O. The zero-order valence-corrected chi connectivity index (χ0v) is 19.9. The minimum Gasteiger partial charge on any atom is -0.489 e. The fourth-order valence-corrected chi connectivity index (χ4v) is 4.75. The summed E-state index contributed by atoms with van der Waals surface area (Å²) in [4.78, 5) is 11.5. The van der Waals surface area contributed by atoms with E-state index in [1.165, 1.54) is 0 Å². The highest BCUT2D eigenvalue weighted by atomic mass is 35.5. The zero-order chi connectivity index (χ0) is 22.9. The molecule has 3 heterocycles. The molecule has 4 aromatic rings. The summed E-state index contributed by atoms with van der Waals surface area (Å²) >= 11 is 12.5. The number of para-hydroxylation sites is 2. The summed E-state index contributed by atoms with van der Waals surface area (Å²) in [7, 11) is 4.08. The van der Waals surface area contributed by atoms with Crippen molar-refractivity contribution in [3.8, 4) is 17.0 Å². The van der Waals surface area contributed by atoms with Gasteiger partial charge in [0.15, 0.2) is 0 Å². The number of nitrogens with zero attached hydrogens (tertiary/aromatic N) is 4. The van der Waals surface area contributed by atoms with Crippen molar-refractivity contribution < 1.29 is 4.74 Å². The number of hydrogen-bond acceptors (Lipinski definition) is 6. The molecule has 0 saturated carbocycles. The molecule has 0 spiro atoms. The minimum atomic E-state index is 0.566. The van der Waals surface area contributed by atoms with E-state index in [1.807, 2.05) is 56.7 Å². The number of nitrogens with one attached hydrogen (secondary N) is 1. The third-order valence-electron chi connectivity index (χ3n) is 5.61. The van der Waals surface area contributed by atoms with Gasteiger partial charge in [-0.3, -0.25) is 9.97 Å². The lowest BCUT2D eigenvalue weighted by molar-refractivity contribution is 0.298. The Labute approximate surface area is 202 Å². The normalized spacial score (nSPS) is 13.0. The van der Waals surface area contributed by atoms with Gasteiger partial charge >= 0.3 is 0 Å². The number of ether oxygens (including phenoxy) is 1. The molecule has 6 nitrogen and oxygen atoms in total. The maximum atomic E-state index is 6.25. The molecule has 1 aliphatic heterocycles. The summed E-state index contributed by atoms with van der Waals surface area (Å²) in [5.74, 6) is 0.886. The molecule has 8 heteroatoms. The standard InChI is InChI=1S/C25H23Cl2N5O/c1-31(2)25-17(15-30-32-9-10-33-22-6-4-3-5-21(22)32)14-29-24-20(25)7-8-28-23(24)16-11-18(26)13-19(27)12-16/h3-8,11-14,30H,9-10,15H2,1-2H3. The highest BCUT2D eigenvalue weighted by Crippen LogP contribution is 2.35. The Morgan fingerprint density at radius 1 is 1.06 bits per heavy atom. The predicted molar refractivity (Wildman–Crippen MR) is 135 cm³/mol. The van der Waals surface area contributed by atoms with Crippen molar-refractivity contribution in [1.82, 2.24) is 15.4 Å². The molecule has 0 radical (unpaired) electrons. The smallest absolute Gasteiger partial charge is 0.144 e. The van der Waals surface area contributed by atoms with Crippen molar-refractivity contribution in [1.29, 1.82) is 0 Å². The molecule has 33 heavy (non-hydrogen) atoms. The lowest BCUT2D eigenvalue weighted by Crippen LogP contribution is -2.43. The van der Waals surface area contributed by atoms with Crippen molar-refractivity contribution in [2.45, 2.75) is 6.54 Å². The fourth-order valence-electron chi connectivity index (χ4n) is 4.23. The lowest BCUT2D eigenvalue weighted by Gasteiger charge is -2.32.